The second kappa shape index (κ2) is 8.67. The molecule has 2 aromatic heterocycles. The number of thiazole rings is 1. The second-order valence-corrected chi connectivity index (χ2v) is 7.48. The van der Waals surface area contributed by atoms with Gasteiger partial charge in [-0.3, -0.25) is 0 Å². The molecule has 1 atom stereocenters. The van der Waals surface area contributed by atoms with Gasteiger partial charge in [-0.2, -0.15) is 5.26 Å². The number of anilines is 1. The van der Waals surface area contributed by atoms with Gasteiger partial charge in [0, 0.05) is 12.7 Å². The molecule has 0 amide bonds. The van der Waals surface area contributed by atoms with Gasteiger partial charge in [0.15, 0.2) is 0 Å². The molecule has 7 heteroatoms. The highest BCUT2D eigenvalue weighted by Crippen LogP contribution is 2.30. The number of ether oxygens (including phenoxy) is 1. The van der Waals surface area contributed by atoms with Gasteiger partial charge in [0.05, 0.1) is 29.1 Å². The molecule has 0 aliphatic carbocycles. The molecule has 0 radical (unpaired) electrons. The van der Waals surface area contributed by atoms with Gasteiger partial charge >= 0.3 is 0 Å². The molecule has 1 unspecified atom stereocenters. The van der Waals surface area contributed by atoms with Gasteiger partial charge in [-0.25, -0.2) is 15.0 Å². The highest BCUT2D eigenvalue weighted by atomic mass is 32.1. The monoisotopic (exact) mass is 401 g/mol. The molecule has 29 heavy (non-hydrogen) atoms. The average molecular weight is 401 g/mol. The number of para-hydroxylation sites is 1. The summed E-state index contributed by atoms with van der Waals surface area (Å²) in [6.07, 6.45) is 2.48. The number of hydrogen-bond donors (Lipinski definition) is 1. The van der Waals surface area contributed by atoms with Crippen molar-refractivity contribution >= 4 is 27.5 Å². The Balaban J connectivity index is 1.47. The number of nitrogens with zero attached hydrogens (tertiary/aromatic N) is 4. The molecular weight excluding hydrogens is 382 g/mol. The lowest BCUT2D eigenvalue weighted by Crippen LogP contribution is -2.10. The minimum atomic E-state index is -0.519. The van der Waals surface area contributed by atoms with Crippen LogP contribution in [-0.2, 0) is 6.42 Å². The zero-order valence-electron chi connectivity index (χ0n) is 15.9. The standard InChI is InChI=1S/C22H19N5OS/c1-28-16-6-4-5-15(13-16)9-11-24-22-25-12-10-18(27-22)17(14-23)21-26-19-7-2-3-8-20(19)29-21/h2-8,10,12-13,17H,9,11H2,1H3,(H,24,25,27). The minimum absolute atomic E-state index is 0.506. The summed E-state index contributed by atoms with van der Waals surface area (Å²) < 4.78 is 6.32. The quantitative estimate of drug-likeness (QED) is 0.494. The van der Waals surface area contributed by atoms with Crippen LogP contribution in [0.25, 0.3) is 10.2 Å². The fraction of sp³-hybridized carbons (Fsp3) is 0.182. The predicted molar refractivity (Wildman–Crippen MR) is 114 cm³/mol. The Morgan fingerprint density at radius 1 is 1.14 bits per heavy atom. The van der Waals surface area contributed by atoms with Crippen LogP contribution in [0.15, 0.2) is 60.8 Å². The Hall–Kier alpha value is -3.50. The van der Waals surface area contributed by atoms with Crippen LogP contribution in [0, 0.1) is 11.3 Å². The summed E-state index contributed by atoms with van der Waals surface area (Å²) in [5.41, 5.74) is 2.71. The summed E-state index contributed by atoms with van der Waals surface area (Å²) in [7, 11) is 1.66. The van der Waals surface area contributed by atoms with Crippen molar-refractivity contribution in [2.24, 2.45) is 0 Å². The molecule has 0 saturated carbocycles. The molecule has 144 valence electrons. The number of benzene rings is 2. The smallest absolute Gasteiger partial charge is 0.222 e. The maximum absolute atomic E-state index is 9.75. The number of aromatic nitrogens is 3. The molecular formula is C22H19N5OS. The number of hydrogen-bond acceptors (Lipinski definition) is 7. The lowest BCUT2D eigenvalue weighted by molar-refractivity contribution is 0.414. The fourth-order valence-corrected chi connectivity index (χ4v) is 4.05. The first kappa shape index (κ1) is 18.8. The van der Waals surface area contributed by atoms with E-state index in [9.17, 15) is 5.26 Å². The van der Waals surface area contributed by atoms with Gasteiger partial charge in [0.2, 0.25) is 5.95 Å². The summed E-state index contributed by atoms with van der Waals surface area (Å²) in [4.78, 5) is 13.4. The van der Waals surface area contributed by atoms with E-state index < -0.39 is 5.92 Å². The van der Waals surface area contributed by atoms with Crippen molar-refractivity contribution in [3.63, 3.8) is 0 Å². The van der Waals surface area contributed by atoms with Crippen molar-refractivity contribution in [3.05, 3.63) is 77.1 Å². The normalized spacial score (nSPS) is 11.7. The second-order valence-electron chi connectivity index (χ2n) is 6.42. The first-order chi connectivity index (χ1) is 14.3. The van der Waals surface area contributed by atoms with Gasteiger partial charge in [-0.1, -0.05) is 24.3 Å². The first-order valence-electron chi connectivity index (χ1n) is 9.21. The van der Waals surface area contributed by atoms with Crippen LogP contribution in [0.3, 0.4) is 0 Å². The zero-order valence-corrected chi connectivity index (χ0v) is 16.7. The maximum Gasteiger partial charge on any atom is 0.222 e. The van der Waals surface area contributed by atoms with Gasteiger partial charge < -0.3 is 10.1 Å². The van der Waals surface area contributed by atoms with Crippen LogP contribution in [0.5, 0.6) is 5.75 Å². The van der Waals surface area contributed by atoms with Gasteiger partial charge in [0.1, 0.15) is 16.7 Å². The Kier molecular flexibility index (Phi) is 5.63. The molecule has 6 nitrogen and oxygen atoms in total. The van der Waals surface area contributed by atoms with E-state index in [2.05, 4.69) is 32.4 Å². The predicted octanol–water partition coefficient (Wildman–Crippen LogP) is 4.40. The average Bonchev–Trinajstić information content (AvgIpc) is 3.18. The summed E-state index contributed by atoms with van der Waals surface area (Å²) in [5, 5.41) is 13.7. The molecule has 2 heterocycles. The summed E-state index contributed by atoms with van der Waals surface area (Å²) in [6, 6.07) is 20.0. The molecule has 2 aromatic carbocycles. The van der Waals surface area contributed by atoms with Gasteiger partial charge in [-0.15, -0.1) is 11.3 Å². The van der Waals surface area contributed by atoms with Crippen molar-refractivity contribution in [1.82, 2.24) is 15.0 Å². The van der Waals surface area contributed by atoms with E-state index >= 15 is 0 Å². The van der Waals surface area contributed by atoms with E-state index in [1.54, 1.807) is 19.4 Å². The number of nitriles is 1. The molecule has 0 spiro atoms. The van der Waals surface area contributed by atoms with Crippen LogP contribution < -0.4 is 10.1 Å². The Bertz CT molecular complexity index is 1130. The highest BCUT2D eigenvalue weighted by Gasteiger charge is 2.20. The fourth-order valence-electron chi connectivity index (χ4n) is 3.03. The third-order valence-electron chi connectivity index (χ3n) is 4.49. The summed E-state index contributed by atoms with van der Waals surface area (Å²) >= 11 is 1.52. The van der Waals surface area contributed by atoms with Crippen molar-refractivity contribution in [2.75, 3.05) is 19.0 Å². The molecule has 4 rings (SSSR count). The van der Waals surface area contributed by atoms with E-state index in [4.69, 9.17) is 4.74 Å². The van der Waals surface area contributed by atoms with Crippen molar-refractivity contribution in [1.29, 1.82) is 5.26 Å². The maximum atomic E-state index is 9.75. The summed E-state index contributed by atoms with van der Waals surface area (Å²) in [6.45, 7) is 0.676. The third kappa shape index (κ3) is 4.33. The van der Waals surface area contributed by atoms with Gasteiger partial charge in [-0.05, 0) is 42.3 Å². The number of fused-ring (bicyclic) bond motifs is 1. The SMILES string of the molecule is COc1cccc(CCNc2nccc(C(C#N)c3nc4ccccc4s3)n2)c1. The van der Waals surface area contributed by atoms with E-state index in [0.717, 1.165) is 33.0 Å². The minimum Gasteiger partial charge on any atom is -0.497 e. The third-order valence-corrected chi connectivity index (χ3v) is 5.59. The van der Waals surface area contributed by atoms with E-state index in [1.807, 2.05) is 42.5 Å². The molecule has 1 N–H and O–H groups in total. The van der Waals surface area contributed by atoms with Crippen molar-refractivity contribution < 1.29 is 4.74 Å². The number of nitrogens with one attached hydrogen (secondary N) is 1. The highest BCUT2D eigenvalue weighted by molar-refractivity contribution is 7.18. The van der Waals surface area contributed by atoms with Crippen molar-refractivity contribution in [2.45, 2.75) is 12.3 Å². The largest absolute Gasteiger partial charge is 0.497 e. The van der Waals surface area contributed by atoms with Crippen LogP contribution in [0.2, 0.25) is 0 Å². The van der Waals surface area contributed by atoms with Crippen LogP contribution in [0.1, 0.15) is 22.2 Å². The molecule has 0 bridgehead atoms. The van der Waals surface area contributed by atoms with Crippen LogP contribution in [-0.4, -0.2) is 28.6 Å². The molecule has 0 fully saturated rings. The van der Waals surface area contributed by atoms with E-state index in [-0.39, 0.29) is 0 Å². The van der Waals surface area contributed by atoms with Crippen LogP contribution in [0.4, 0.5) is 5.95 Å². The number of rotatable bonds is 7. The van der Waals surface area contributed by atoms with Gasteiger partial charge in [0.25, 0.3) is 0 Å². The number of methoxy groups -OCH3 is 1. The molecule has 0 aliphatic heterocycles. The Morgan fingerprint density at radius 3 is 2.86 bits per heavy atom. The zero-order chi connectivity index (χ0) is 20.1. The van der Waals surface area contributed by atoms with E-state index in [0.29, 0.717) is 18.2 Å². The Labute approximate surface area is 172 Å². The van der Waals surface area contributed by atoms with Crippen molar-refractivity contribution in [3.8, 4) is 11.8 Å². The Morgan fingerprint density at radius 2 is 2.03 bits per heavy atom. The topological polar surface area (TPSA) is 83.7 Å². The summed E-state index contributed by atoms with van der Waals surface area (Å²) in [5.74, 6) is 0.828. The molecule has 0 aliphatic rings. The molecule has 4 aromatic rings. The molecule has 0 saturated heterocycles. The van der Waals surface area contributed by atoms with Crippen LogP contribution >= 0.6 is 11.3 Å². The lowest BCUT2D eigenvalue weighted by atomic mass is 10.1. The lowest BCUT2D eigenvalue weighted by Gasteiger charge is -2.09. The first-order valence-corrected chi connectivity index (χ1v) is 10.0. The van der Waals surface area contributed by atoms with E-state index in [1.165, 1.54) is 11.3 Å².